The maximum Gasteiger partial charge on any atom is 0.234 e. The number of halogens is 1. The fourth-order valence-electron chi connectivity index (χ4n) is 3.03. The van der Waals surface area contributed by atoms with E-state index in [1.807, 2.05) is 41.8 Å². The molecule has 118 valence electrons. The number of benzene rings is 2. The molecule has 2 aromatic carbocycles. The van der Waals surface area contributed by atoms with Crippen LogP contribution in [0.3, 0.4) is 0 Å². The Bertz CT molecular complexity index is 1030. The lowest BCUT2D eigenvalue weighted by atomic mass is 9.97. The minimum absolute atomic E-state index is 0.693. The molecule has 4 heteroatoms. The number of fused-ring (bicyclic) bond motifs is 1. The molecule has 3 nitrogen and oxygen atoms in total. The first-order valence-corrected chi connectivity index (χ1v) is 8.18. The minimum Gasteiger partial charge on any atom is -0.283 e. The van der Waals surface area contributed by atoms with Crippen molar-refractivity contribution in [3.63, 3.8) is 0 Å². The molecule has 0 radical (unpaired) electrons. The van der Waals surface area contributed by atoms with Gasteiger partial charge in [0.15, 0.2) is 0 Å². The molecule has 0 saturated heterocycles. The highest BCUT2D eigenvalue weighted by molar-refractivity contribution is 6.33. The molecule has 0 bridgehead atoms. The van der Waals surface area contributed by atoms with Crippen molar-refractivity contribution < 1.29 is 0 Å². The highest BCUT2D eigenvalue weighted by Gasteiger charge is 2.18. The van der Waals surface area contributed by atoms with Crippen LogP contribution in [0.15, 0.2) is 60.9 Å². The minimum atomic E-state index is 0.693. The lowest BCUT2D eigenvalue weighted by Gasteiger charge is -2.16. The number of hydrogen-bond donors (Lipinski definition) is 0. The van der Waals surface area contributed by atoms with Gasteiger partial charge in [-0.15, -0.1) is 0 Å². The molecule has 0 aliphatic heterocycles. The van der Waals surface area contributed by atoms with Gasteiger partial charge in [-0.2, -0.15) is 0 Å². The number of rotatable bonds is 2. The first kappa shape index (κ1) is 14.9. The van der Waals surface area contributed by atoms with Crippen molar-refractivity contribution in [1.82, 2.24) is 14.4 Å². The summed E-state index contributed by atoms with van der Waals surface area (Å²) in [6.07, 6.45) is 3.72. The maximum atomic E-state index is 6.49. The molecule has 0 atom stereocenters. The van der Waals surface area contributed by atoms with Gasteiger partial charge in [-0.3, -0.25) is 4.40 Å². The van der Waals surface area contributed by atoms with E-state index in [-0.39, 0.29) is 0 Å². The highest BCUT2D eigenvalue weighted by atomic mass is 35.5. The molecule has 0 aliphatic carbocycles. The Labute approximate surface area is 145 Å². The molecule has 4 rings (SSSR count). The van der Waals surface area contributed by atoms with Gasteiger partial charge in [0.1, 0.15) is 0 Å². The number of aromatic nitrogens is 3. The van der Waals surface area contributed by atoms with Crippen LogP contribution in [0.4, 0.5) is 0 Å². The molecule has 0 aliphatic rings. The van der Waals surface area contributed by atoms with Gasteiger partial charge in [-0.25, -0.2) is 9.97 Å². The van der Waals surface area contributed by atoms with Crippen molar-refractivity contribution in [2.24, 2.45) is 0 Å². The van der Waals surface area contributed by atoms with Crippen LogP contribution in [0.25, 0.3) is 28.2 Å². The smallest absolute Gasteiger partial charge is 0.234 e. The second kappa shape index (κ2) is 5.77. The topological polar surface area (TPSA) is 30.2 Å². The predicted molar refractivity (Wildman–Crippen MR) is 98.3 cm³/mol. The van der Waals surface area contributed by atoms with E-state index in [0.29, 0.717) is 5.78 Å². The molecular formula is C20H16ClN3. The molecule has 0 unspecified atom stereocenters. The molecule has 0 amide bonds. The third-order valence-electron chi connectivity index (χ3n) is 4.20. The van der Waals surface area contributed by atoms with E-state index in [9.17, 15) is 0 Å². The van der Waals surface area contributed by atoms with E-state index in [1.54, 1.807) is 6.20 Å². The number of aryl methyl sites for hydroxylation is 2. The van der Waals surface area contributed by atoms with Crippen LogP contribution in [-0.4, -0.2) is 14.4 Å². The van der Waals surface area contributed by atoms with E-state index in [1.165, 1.54) is 5.56 Å². The molecule has 0 spiro atoms. The lowest BCUT2D eigenvalue weighted by Crippen LogP contribution is -2.01. The second-order valence-corrected chi connectivity index (χ2v) is 6.27. The predicted octanol–water partition coefficient (Wildman–Crippen LogP) is 5.33. The second-order valence-electron chi connectivity index (χ2n) is 5.86. The average Bonchev–Trinajstić information content (AvgIpc) is 3.03. The quantitative estimate of drug-likeness (QED) is 0.496. The number of nitrogens with zero attached hydrogens (tertiary/aromatic N) is 3. The van der Waals surface area contributed by atoms with Gasteiger partial charge in [0, 0.05) is 28.5 Å². The van der Waals surface area contributed by atoms with Crippen LogP contribution in [0.2, 0.25) is 5.02 Å². The SMILES string of the molecule is Cc1ccc(-c2c(-c3ccccc3Cl)c(C)nc3nccn23)cc1. The molecule has 24 heavy (non-hydrogen) atoms. The van der Waals surface area contributed by atoms with E-state index >= 15 is 0 Å². The van der Waals surface area contributed by atoms with E-state index < -0.39 is 0 Å². The van der Waals surface area contributed by atoms with Crippen LogP contribution >= 0.6 is 11.6 Å². The normalized spacial score (nSPS) is 11.1. The first-order chi connectivity index (χ1) is 11.6. The third kappa shape index (κ3) is 2.38. The van der Waals surface area contributed by atoms with Crippen molar-refractivity contribution in [3.05, 3.63) is 77.2 Å². The van der Waals surface area contributed by atoms with Crippen molar-refractivity contribution >= 4 is 17.4 Å². The summed E-state index contributed by atoms with van der Waals surface area (Å²) >= 11 is 6.49. The lowest BCUT2D eigenvalue weighted by molar-refractivity contribution is 1.08. The van der Waals surface area contributed by atoms with Crippen LogP contribution in [0.5, 0.6) is 0 Å². The molecule has 4 aromatic rings. The molecule has 2 heterocycles. The molecule has 2 aromatic heterocycles. The summed E-state index contributed by atoms with van der Waals surface area (Å²) < 4.78 is 2.02. The van der Waals surface area contributed by atoms with E-state index in [0.717, 1.165) is 33.1 Å². The summed E-state index contributed by atoms with van der Waals surface area (Å²) in [7, 11) is 0. The van der Waals surface area contributed by atoms with Gasteiger partial charge in [0.25, 0.3) is 0 Å². The standard InChI is InChI=1S/C20H16ClN3/c1-13-7-9-15(10-8-13)19-18(16-5-3-4-6-17(16)21)14(2)23-20-22-11-12-24(19)20/h3-12H,1-2H3. The largest absolute Gasteiger partial charge is 0.283 e. The summed E-state index contributed by atoms with van der Waals surface area (Å²) in [4.78, 5) is 9.01. The number of hydrogen-bond acceptors (Lipinski definition) is 2. The Morgan fingerprint density at radius 1 is 0.958 bits per heavy atom. The van der Waals surface area contributed by atoms with Crippen molar-refractivity contribution in [1.29, 1.82) is 0 Å². The Kier molecular flexibility index (Phi) is 3.58. The Morgan fingerprint density at radius 2 is 1.71 bits per heavy atom. The maximum absolute atomic E-state index is 6.49. The summed E-state index contributed by atoms with van der Waals surface area (Å²) in [5, 5.41) is 0.718. The third-order valence-corrected chi connectivity index (χ3v) is 4.53. The van der Waals surface area contributed by atoms with Gasteiger partial charge < -0.3 is 0 Å². The zero-order chi connectivity index (χ0) is 16.7. The zero-order valence-electron chi connectivity index (χ0n) is 13.5. The average molecular weight is 334 g/mol. The van der Waals surface area contributed by atoms with Crippen molar-refractivity contribution in [2.75, 3.05) is 0 Å². The number of imidazole rings is 1. The Morgan fingerprint density at radius 3 is 2.46 bits per heavy atom. The van der Waals surface area contributed by atoms with E-state index in [2.05, 4.69) is 41.2 Å². The van der Waals surface area contributed by atoms with Crippen LogP contribution in [0, 0.1) is 13.8 Å². The monoisotopic (exact) mass is 333 g/mol. The Balaban J connectivity index is 2.13. The highest BCUT2D eigenvalue weighted by Crippen LogP contribution is 2.37. The van der Waals surface area contributed by atoms with Crippen LogP contribution in [-0.2, 0) is 0 Å². The van der Waals surface area contributed by atoms with Crippen LogP contribution in [0.1, 0.15) is 11.3 Å². The summed E-state index contributed by atoms with van der Waals surface area (Å²) in [6.45, 7) is 4.09. The Hall–Kier alpha value is -2.65. The van der Waals surface area contributed by atoms with Crippen LogP contribution < -0.4 is 0 Å². The fourth-order valence-corrected chi connectivity index (χ4v) is 3.26. The molecule has 0 N–H and O–H groups in total. The fraction of sp³-hybridized carbons (Fsp3) is 0.100. The molecule has 0 saturated carbocycles. The summed E-state index contributed by atoms with van der Waals surface area (Å²) in [6, 6.07) is 16.4. The van der Waals surface area contributed by atoms with E-state index in [4.69, 9.17) is 11.6 Å². The zero-order valence-corrected chi connectivity index (χ0v) is 14.2. The summed E-state index contributed by atoms with van der Waals surface area (Å²) in [5.41, 5.74) is 6.33. The molecule has 0 fully saturated rings. The van der Waals surface area contributed by atoms with Gasteiger partial charge in [0.2, 0.25) is 5.78 Å². The summed E-state index contributed by atoms with van der Waals surface area (Å²) in [5.74, 6) is 0.693. The van der Waals surface area contributed by atoms with Gasteiger partial charge in [-0.1, -0.05) is 59.6 Å². The van der Waals surface area contributed by atoms with Gasteiger partial charge >= 0.3 is 0 Å². The van der Waals surface area contributed by atoms with Crippen molar-refractivity contribution in [2.45, 2.75) is 13.8 Å². The molecular weight excluding hydrogens is 318 g/mol. The van der Waals surface area contributed by atoms with Gasteiger partial charge in [-0.05, 0) is 25.5 Å². The van der Waals surface area contributed by atoms with Gasteiger partial charge in [0.05, 0.1) is 11.4 Å². The van der Waals surface area contributed by atoms with Crippen molar-refractivity contribution in [3.8, 4) is 22.4 Å². The first-order valence-electron chi connectivity index (χ1n) is 7.81.